The molecule has 1 N–H and O–H groups in total. The second kappa shape index (κ2) is 5.59. The normalized spacial score (nSPS) is 9.57. The van der Waals surface area contributed by atoms with Crippen LogP contribution in [0, 0.1) is 0 Å². The van der Waals surface area contributed by atoms with Crippen LogP contribution < -0.4 is 5.32 Å². The van der Waals surface area contributed by atoms with E-state index in [2.05, 4.69) is 26.2 Å². The van der Waals surface area contributed by atoms with E-state index < -0.39 is 6.09 Å². The van der Waals surface area contributed by atoms with Gasteiger partial charge < -0.3 is 4.74 Å². The largest absolute Gasteiger partial charge is 0.449 e. The summed E-state index contributed by atoms with van der Waals surface area (Å²) >= 11 is 3.25. The minimum absolute atomic E-state index is 0.419. The van der Waals surface area contributed by atoms with E-state index in [-0.39, 0.29) is 0 Å². The van der Waals surface area contributed by atoms with E-state index in [1.54, 1.807) is 18.3 Å². The standard InChI is InChI=1S/C9H11BrN2O2/c1-2-5-14-9(13)12-8-4-3-7(10)6-11-8/h3-4,6H,2,5H2,1H3,(H,11,12,13). The third kappa shape index (κ3) is 3.74. The van der Waals surface area contributed by atoms with Crippen LogP contribution in [0.15, 0.2) is 22.8 Å². The Bertz CT molecular complexity index is 300. The van der Waals surface area contributed by atoms with Crippen molar-refractivity contribution in [2.45, 2.75) is 13.3 Å². The van der Waals surface area contributed by atoms with E-state index in [0.717, 1.165) is 10.9 Å². The Balaban J connectivity index is 2.44. The van der Waals surface area contributed by atoms with Gasteiger partial charge in [-0.15, -0.1) is 0 Å². The van der Waals surface area contributed by atoms with Crippen LogP contribution in [0.5, 0.6) is 0 Å². The van der Waals surface area contributed by atoms with Crippen LogP contribution in [0.1, 0.15) is 13.3 Å². The molecule has 1 amide bonds. The van der Waals surface area contributed by atoms with Crippen LogP contribution in [-0.4, -0.2) is 17.7 Å². The molecule has 0 aliphatic rings. The zero-order chi connectivity index (χ0) is 10.4. The highest BCUT2D eigenvalue weighted by Gasteiger charge is 2.02. The quantitative estimate of drug-likeness (QED) is 0.907. The molecule has 1 aromatic rings. The van der Waals surface area contributed by atoms with Gasteiger partial charge in [0.25, 0.3) is 0 Å². The van der Waals surface area contributed by atoms with Crippen molar-refractivity contribution < 1.29 is 9.53 Å². The average molecular weight is 259 g/mol. The first kappa shape index (κ1) is 11.0. The van der Waals surface area contributed by atoms with Crippen LogP contribution in [0.25, 0.3) is 0 Å². The highest BCUT2D eigenvalue weighted by atomic mass is 79.9. The van der Waals surface area contributed by atoms with Gasteiger partial charge >= 0.3 is 6.09 Å². The van der Waals surface area contributed by atoms with Crippen LogP contribution in [0.3, 0.4) is 0 Å². The summed E-state index contributed by atoms with van der Waals surface area (Å²) < 4.78 is 5.69. The molecule has 5 heteroatoms. The van der Waals surface area contributed by atoms with E-state index in [1.807, 2.05) is 6.92 Å². The first-order valence-electron chi connectivity index (χ1n) is 4.27. The van der Waals surface area contributed by atoms with Crippen molar-refractivity contribution in [1.29, 1.82) is 0 Å². The van der Waals surface area contributed by atoms with Gasteiger partial charge in [0.2, 0.25) is 0 Å². The number of hydrogen-bond donors (Lipinski definition) is 1. The lowest BCUT2D eigenvalue weighted by Gasteiger charge is -2.04. The number of aromatic nitrogens is 1. The Labute approximate surface area is 90.8 Å². The van der Waals surface area contributed by atoms with Gasteiger partial charge in [0.1, 0.15) is 5.82 Å². The number of carbonyl (C=O) groups is 1. The topological polar surface area (TPSA) is 51.2 Å². The van der Waals surface area contributed by atoms with Gasteiger partial charge in [0, 0.05) is 10.7 Å². The summed E-state index contributed by atoms with van der Waals surface area (Å²) in [4.78, 5) is 15.0. The number of amides is 1. The molecule has 0 aliphatic carbocycles. The Hall–Kier alpha value is -1.10. The third-order valence-corrected chi connectivity index (χ3v) is 1.86. The van der Waals surface area contributed by atoms with Gasteiger partial charge in [-0.1, -0.05) is 6.92 Å². The summed E-state index contributed by atoms with van der Waals surface area (Å²) in [5, 5.41) is 2.51. The number of halogens is 1. The second-order valence-electron chi connectivity index (χ2n) is 2.62. The highest BCUT2D eigenvalue weighted by Crippen LogP contribution is 2.10. The summed E-state index contributed by atoms with van der Waals surface area (Å²) in [5.41, 5.74) is 0. The van der Waals surface area contributed by atoms with Gasteiger partial charge in [-0.2, -0.15) is 0 Å². The predicted octanol–water partition coefficient (Wildman–Crippen LogP) is 2.80. The van der Waals surface area contributed by atoms with Crippen LogP contribution in [-0.2, 0) is 4.74 Å². The molecule has 0 bridgehead atoms. The molecule has 4 nitrogen and oxygen atoms in total. The first-order chi connectivity index (χ1) is 6.72. The van der Waals surface area contributed by atoms with Crippen molar-refractivity contribution in [1.82, 2.24) is 4.98 Å². The number of carbonyl (C=O) groups excluding carboxylic acids is 1. The Morgan fingerprint density at radius 3 is 3.00 bits per heavy atom. The molecule has 0 fully saturated rings. The zero-order valence-corrected chi connectivity index (χ0v) is 9.37. The van der Waals surface area contributed by atoms with Crippen LogP contribution in [0.4, 0.5) is 10.6 Å². The summed E-state index contributed by atoms with van der Waals surface area (Å²) in [6.07, 6.45) is 1.94. The van der Waals surface area contributed by atoms with Gasteiger partial charge in [0.05, 0.1) is 6.61 Å². The Kier molecular flexibility index (Phi) is 4.39. The van der Waals surface area contributed by atoms with Crippen molar-refractivity contribution in [2.75, 3.05) is 11.9 Å². The first-order valence-corrected chi connectivity index (χ1v) is 5.07. The number of nitrogens with zero attached hydrogens (tertiary/aromatic N) is 1. The maximum Gasteiger partial charge on any atom is 0.412 e. The monoisotopic (exact) mass is 258 g/mol. The van der Waals surface area contributed by atoms with Crippen molar-refractivity contribution in [3.05, 3.63) is 22.8 Å². The molecule has 14 heavy (non-hydrogen) atoms. The van der Waals surface area contributed by atoms with Crippen LogP contribution in [0.2, 0.25) is 0 Å². The number of rotatable bonds is 3. The van der Waals surface area contributed by atoms with E-state index in [1.165, 1.54) is 0 Å². The van der Waals surface area contributed by atoms with Crippen molar-refractivity contribution in [2.24, 2.45) is 0 Å². The maximum atomic E-state index is 11.1. The van der Waals surface area contributed by atoms with Gasteiger partial charge in [-0.05, 0) is 34.5 Å². The van der Waals surface area contributed by atoms with E-state index in [4.69, 9.17) is 4.74 Å². The summed E-state index contributed by atoms with van der Waals surface area (Å²) in [6, 6.07) is 3.49. The van der Waals surface area contributed by atoms with Gasteiger partial charge in [-0.25, -0.2) is 9.78 Å². The maximum absolute atomic E-state index is 11.1. The summed E-state index contributed by atoms with van der Waals surface area (Å²) in [6.45, 7) is 2.35. The minimum Gasteiger partial charge on any atom is -0.449 e. The smallest absolute Gasteiger partial charge is 0.412 e. The molecule has 0 radical (unpaired) electrons. The van der Waals surface area contributed by atoms with Gasteiger partial charge in [0.15, 0.2) is 0 Å². The lowest BCUT2D eigenvalue weighted by Crippen LogP contribution is -2.14. The lowest BCUT2D eigenvalue weighted by molar-refractivity contribution is 0.161. The fourth-order valence-corrected chi connectivity index (χ4v) is 1.02. The lowest BCUT2D eigenvalue weighted by atomic mass is 10.5. The molecule has 0 saturated carbocycles. The fraction of sp³-hybridized carbons (Fsp3) is 0.333. The van der Waals surface area contributed by atoms with Crippen LogP contribution >= 0.6 is 15.9 Å². The minimum atomic E-state index is -0.471. The van der Waals surface area contributed by atoms with Crippen molar-refractivity contribution in [3.63, 3.8) is 0 Å². The summed E-state index contributed by atoms with van der Waals surface area (Å²) in [5.74, 6) is 0.481. The predicted molar refractivity (Wildman–Crippen MR) is 57.2 cm³/mol. The molecular weight excluding hydrogens is 248 g/mol. The van der Waals surface area contributed by atoms with Gasteiger partial charge in [-0.3, -0.25) is 5.32 Å². The molecule has 76 valence electrons. The molecule has 0 saturated heterocycles. The summed E-state index contributed by atoms with van der Waals surface area (Å²) in [7, 11) is 0. The molecule has 1 aromatic heterocycles. The number of nitrogens with one attached hydrogen (secondary N) is 1. The molecule has 1 rings (SSSR count). The number of hydrogen-bond acceptors (Lipinski definition) is 3. The van der Waals surface area contributed by atoms with Crippen molar-refractivity contribution >= 4 is 27.8 Å². The Morgan fingerprint density at radius 2 is 2.43 bits per heavy atom. The second-order valence-corrected chi connectivity index (χ2v) is 3.54. The Morgan fingerprint density at radius 1 is 1.64 bits per heavy atom. The highest BCUT2D eigenvalue weighted by molar-refractivity contribution is 9.10. The number of ether oxygens (including phenoxy) is 1. The molecule has 0 aromatic carbocycles. The van der Waals surface area contributed by atoms with E-state index in [9.17, 15) is 4.79 Å². The zero-order valence-electron chi connectivity index (χ0n) is 7.79. The molecule has 0 spiro atoms. The number of pyridine rings is 1. The third-order valence-electron chi connectivity index (χ3n) is 1.39. The van der Waals surface area contributed by atoms with E-state index >= 15 is 0 Å². The van der Waals surface area contributed by atoms with E-state index in [0.29, 0.717) is 12.4 Å². The molecule has 0 unspecified atom stereocenters. The van der Waals surface area contributed by atoms with Crippen molar-refractivity contribution in [3.8, 4) is 0 Å². The average Bonchev–Trinajstić information content (AvgIpc) is 2.18. The fourth-order valence-electron chi connectivity index (χ4n) is 0.785. The molecule has 0 atom stereocenters. The SMILES string of the molecule is CCCOC(=O)Nc1ccc(Br)cn1. The molecule has 0 aliphatic heterocycles. The molecule has 1 heterocycles. The number of anilines is 1. The molecular formula is C9H11BrN2O2.